The fraction of sp³-hybridized carbons (Fsp3) is 0.195. The molecule has 8 heteroatoms. The van der Waals surface area contributed by atoms with Crippen LogP contribution in [0.25, 0.3) is 0 Å². The van der Waals surface area contributed by atoms with Crippen LogP contribution in [0.5, 0.6) is 0 Å². The Hall–Kier alpha value is -8.21. The van der Waals surface area contributed by atoms with Crippen LogP contribution in [0.1, 0.15) is 105 Å². The molecule has 0 fully saturated rings. The van der Waals surface area contributed by atoms with E-state index in [9.17, 15) is 0 Å². The topological polar surface area (TPSA) is 13.0 Å². The molecule has 0 radical (unpaired) electrons. The van der Waals surface area contributed by atoms with Crippen molar-refractivity contribution in [2.75, 3.05) is 19.6 Å². The van der Waals surface area contributed by atoms with Gasteiger partial charge in [-0.15, -0.1) is 0 Å². The predicted molar refractivity (Wildman–Crippen MR) is 392 cm³/mol. The fourth-order valence-electron chi connectivity index (χ4n) is 14.2. The second kappa shape index (κ2) is 21.7. The van der Waals surface area contributed by atoms with Gasteiger partial charge in [-0.05, 0) is 0 Å². The van der Waals surface area contributed by atoms with Crippen molar-refractivity contribution in [3.8, 4) is 0 Å². The molecule has 442 valence electrons. The molecule has 4 aliphatic heterocycles. The minimum absolute atomic E-state index is 0.0242. The summed E-state index contributed by atoms with van der Waals surface area (Å²) in [6.07, 6.45) is 0. The average molecular weight is 1300 g/mol. The van der Waals surface area contributed by atoms with Gasteiger partial charge in [0.1, 0.15) is 0 Å². The van der Waals surface area contributed by atoms with Gasteiger partial charge in [-0.2, -0.15) is 0 Å². The van der Waals surface area contributed by atoms with Gasteiger partial charge in [-0.1, -0.05) is 0 Å². The Morgan fingerprint density at radius 3 is 0.878 bits per heavy atom. The first kappa shape index (κ1) is 58.2. The van der Waals surface area contributed by atoms with E-state index in [0.29, 0.717) is 0 Å². The van der Waals surface area contributed by atoms with Gasteiger partial charge >= 0.3 is 551 Å². The van der Waals surface area contributed by atoms with Gasteiger partial charge in [-0.3, -0.25) is 0 Å². The van der Waals surface area contributed by atoms with Crippen LogP contribution in [0.15, 0.2) is 243 Å². The first-order chi connectivity index (χ1) is 43.2. The van der Waals surface area contributed by atoms with E-state index < -0.39 is 0 Å². The first-order valence-electron chi connectivity index (χ1n) is 32.0. The molecular weight excluding hydrogens is 1220 g/mol. The Kier molecular flexibility index (Phi) is 14.1. The molecule has 4 aliphatic rings. The molecule has 0 amide bonds. The number of benzene rings is 11. The third-order valence-electron chi connectivity index (χ3n) is 19.0. The summed E-state index contributed by atoms with van der Waals surface area (Å²) in [6.45, 7) is 27.7. The summed E-state index contributed by atoms with van der Waals surface area (Å²) in [5.74, 6) is 0. The van der Waals surface area contributed by atoms with Crippen molar-refractivity contribution >= 4 is 162 Å². The molecule has 0 aromatic heterocycles. The molecule has 4 nitrogen and oxygen atoms in total. The van der Waals surface area contributed by atoms with Crippen LogP contribution < -0.4 is 70.2 Å². The number of rotatable bonds is 8. The van der Waals surface area contributed by atoms with Crippen LogP contribution in [0.2, 0.25) is 0 Å². The maximum atomic E-state index is 2.72. The van der Waals surface area contributed by atoms with Crippen molar-refractivity contribution < 1.29 is 0 Å². The summed E-state index contributed by atoms with van der Waals surface area (Å²) < 4.78 is 5.84. The van der Waals surface area contributed by atoms with Gasteiger partial charge in [0.2, 0.25) is 0 Å². The molecule has 0 saturated heterocycles. The van der Waals surface area contributed by atoms with Gasteiger partial charge < -0.3 is 0 Å². The molecule has 0 saturated carbocycles. The number of para-hydroxylation sites is 4. The summed E-state index contributed by atoms with van der Waals surface area (Å²) >= 11 is -0.0821. The molecular formula is C82H76B2N4Se2. The van der Waals surface area contributed by atoms with Crippen LogP contribution in [-0.2, 0) is 21.7 Å². The number of nitrogens with zero attached hydrogens (tertiary/aromatic N) is 4. The molecule has 0 aliphatic carbocycles. The van der Waals surface area contributed by atoms with Crippen LogP contribution >= 0.6 is 0 Å². The van der Waals surface area contributed by atoms with Crippen molar-refractivity contribution in [3.05, 3.63) is 265 Å². The van der Waals surface area contributed by atoms with Crippen LogP contribution in [-0.4, -0.2) is 43.3 Å². The zero-order chi connectivity index (χ0) is 62.2. The Balaban J connectivity index is 0.948. The molecule has 11 aromatic rings. The van der Waals surface area contributed by atoms with Crippen LogP contribution in [0.3, 0.4) is 0 Å². The minimum atomic E-state index is -0.0410. The maximum absolute atomic E-state index is 2.72. The molecule has 0 unspecified atom stereocenters. The van der Waals surface area contributed by atoms with Gasteiger partial charge in [0, 0.05) is 0 Å². The van der Waals surface area contributed by atoms with E-state index in [0.717, 1.165) is 34.1 Å². The second-order valence-electron chi connectivity index (χ2n) is 29.1. The normalized spacial score (nSPS) is 13.8. The quantitative estimate of drug-likeness (QED) is 0.141. The predicted octanol–water partition coefficient (Wildman–Crippen LogP) is 14.4. The Morgan fingerprint density at radius 1 is 0.267 bits per heavy atom. The summed E-state index contributed by atoms with van der Waals surface area (Å²) in [6, 6.07) is 93.8. The molecule has 0 atom stereocenters. The van der Waals surface area contributed by atoms with Crippen molar-refractivity contribution in [2.24, 2.45) is 0 Å². The molecule has 0 spiro atoms. The molecule has 11 aromatic carbocycles. The Bertz CT molecular complexity index is 4170. The van der Waals surface area contributed by atoms with E-state index in [1.54, 1.807) is 0 Å². The molecule has 0 bridgehead atoms. The number of hydrogen-bond acceptors (Lipinski definition) is 4. The number of fused-ring (bicyclic) bond motifs is 8. The monoisotopic (exact) mass is 1300 g/mol. The van der Waals surface area contributed by atoms with Crippen molar-refractivity contribution in [1.29, 1.82) is 0 Å². The third kappa shape index (κ3) is 10.1. The van der Waals surface area contributed by atoms with E-state index in [-0.39, 0.29) is 65.0 Å². The first-order valence-corrected chi connectivity index (χ1v) is 35.4. The standard InChI is InChI=1S/C82H76B2N4Se2/c1-79(2,3)53-31-39-59(40-32-53)85(60-41-33-54(34-42-60)80(4,5)6)63-47-71-77-75(49-63)89-73-52-74-68(51-67(73)83(77)65-27-19-21-29-69(65)87(71)57-23-15-13-16-24-57)84-66-28-20-22-30-70(66)88(58-25-17-14-18-26-58)72-48-64(50-76(90-74)78(72)84)86(61-43-35-55(36-44-61)81(7,8)9)62-45-37-56(38-46-62)82(10,11)12/h13-52H,1-12H3. The van der Waals surface area contributed by atoms with Gasteiger partial charge in [0.05, 0.1) is 0 Å². The van der Waals surface area contributed by atoms with E-state index in [1.165, 1.54) is 107 Å². The molecule has 90 heavy (non-hydrogen) atoms. The van der Waals surface area contributed by atoms with Crippen molar-refractivity contribution in [1.82, 2.24) is 0 Å². The fourth-order valence-corrected chi connectivity index (χ4v) is 19.7. The van der Waals surface area contributed by atoms with Gasteiger partial charge in [-0.25, -0.2) is 0 Å². The summed E-state index contributed by atoms with van der Waals surface area (Å²) in [4.78, 5) is 10.2. The SMILES string of the molecule is CC(C)(C)c1ccc(N(c2ccc(C(C)(C)C)cc2)c2cc3c4c(c2)N(c2ccccc2)c2ccccc2B4c2cc4c(cc2[Se]3)[Se]c2cc(N(c3ccc(C(C)(C)C)cc3)c3ccc(C(C)(C)C)cc3)cc3c2B4c2ccccc2N3c2ccccc2)cc1. The molecule has 4 heterocycles. The zero-order valence-corrected chi connectivity index (χ0v) is 57.3. The van der Waals surface area contributed by atoms with Gasteiger partial charge in [0.15, 0.2) is 0 Å². The Labute approximate surface area is 547 Å². The summed E-state index contributed by atoms with van der Waals surface area (Å²) in [5, 5.41) is 0. The summed E-state index contributed by atoms with van der Waals surface area (Å²) in [7, 11) is 0. The molecule has 15 rings (SSSR count). The van der Waals surface area contributed by atoms with E-state index in [4.69, 9.17) is 0 Å². The molecule has 0 N–H and O–H groups in total. The number of hydrogen-bond donors (Lipinski definition) is 0. The second-order valence-corrected chi connectivity index (χ2v) is 33.6. The van der Waals surface area contributed by atoms with E-state index in [2.05, 4.69) is 345 Å². The van der Waals surface area contributed by atoms with Crippen molar-refractivity contribution in [3.63, 3.8) is 0 Å². The number of anilines is 12. The Morgan fingerprint density at radius 2 is 0.567 bits per heavy atom. The average Bonchev–Trinajstić information content (AvgIpc) is 0.709. The van der Waals surface area contributed by atoms with Crippen LogP contribution in [0.4, 0.5) is 68.2 Å². The third-order valence-corrected chi connectivity index (χ3v) is 23.7. The van der Waals surface area contributed by atoms with E-state index >= 15 is 0 Å². The van der Waals surface area contributed by atoms with Crippen LogP contribution in [0, 0.1) is 0 Å². The summed E-state index contributed by atoms with van der Waals surface area (Å²) in [5.41, 5.74) is 28.1. The van der Waals surface area contributed by atoms with Gasteiger partial charge in [0.25, 0.3) is 0 Å². The van der Waals surface area contributed by atoms with Crippen molar-refractivity contribution in [2.45, 2.75) is 105 Å². The zero-order valence-electron chi connectivity index (χ0n) is 53.9. The van der Waals surface area contributed by atoms with E-state index in [1.807, 2.05) is 0 Å².